The molecule has 1 aromatic rings. The predicted molar refractivity (Wildman–Crippen MR) is 60.8 cm³/mol. The number of halogens is 4. The van der Waals surface area contributed by atoms with Gasteiger partial charge in [0.2, 0.25) is 0 Å². The van der Waals surface area contributed by atoms with Gasteiger partial charge in [0.05, 0.1) is 10.6 Å². The molecule has 0 bridgehead atoms. The molecule has 0 aliphatic rings. The van der Waals surface area contributed by atoms with Gasteiger partial charge < -0.3 is 10.1 Å². The average Bonchev–Trinajstić information content (AvgIpc) is 2.33. The molecule has 0 radical (unpaired) electrons. The summed E-state index contributed by atoms with van der Waals surface area (Å²) in [5, 5.41) is 1.70. The van der Waals surface area contributed by atoms with Crippen molar-refractivity contribution in [2.75, 3.05) is 13.2 Å². The highest BCUT2D eigenvalue weighted by Gasteiger charge is 2.27. The molecule has 104 valence electrons. The molecule has 0 saturated carbocycles. The highest BCUT2D eigenvalue weighted by Crippen LogP contribution is 2.15. The van der Waals surface area contributed by atoms with Crippen LogP contribution in [0.25, 0.3) is 0 Å². The van der Waals surface area contributed by atoms with Crippen LogP contribution < -0.4 is 5.32 Å². The number of hydrogen-bond donors (Lipinski definition) is 1. The Labute approximate surface area is 111 Å². The van der Waals surface area contributed by atoms with Crippen molar-refractivity contribution in [2.45, 2.75) is 6.18 Å². The van der Waals surface area contributed by atoms with Crippen molar-refractivity contribution in [1.82, 2.24) is 5.32 Å². The molecule has 0 aliphatic carbocycles. The zero-order chi connectivity index (χ0) is 14.5. The van der Waals surface area contributed by atoms with E-state index in [1.54, 1.807) is 11.4 Å². The van der Waals surface area contributed by atoms with Gasteiger partial charge in [-0.2, -0.15) is 13.2 Å². The van der Waals surface area contributed by atoms with E-state index in [4.69, 9.17) is 11.6 Å². The molecule has 0 heterocycles. The number of hydrogen-bond acceptors (Lipinski definition) is 3. The van der Waals surface area contributed by atoms with Crippen LogP contribution in [0.15, 0.2) is 24.3 Å². The number of alkyl halides is 3. The summed E-state index contributed by atoms with van der Waals surface area (Å²) in [6, 6.07) is 5.95. The summed E-state index contributed by atoms with van der Waals surface area (Å²) in [7, 11) is 0. The van der Waals surface area contributed by atoms with Crippen LogP contribution in [0.5, 0.6) is 0 Å². The molecule has 0 atom stereocenters. The molecule has 1 rings (SSSR count). The minimum Gasteiger partial charge on any atom is -0.452 e. The maximum absolute atomic E-state index is 11.8. The van der Waals surface area contributed by atoms with E-state index in [0.717, 1.165) is 0 Å². The standard InChI is InChI=1S/C11H9ClF3NO3/c12-8-4-2-1-3-7(8)10(18)19-5-9(17)16-6-11(13,14)15/h1-4H,5-6H2,(H,16,17). The Morgan fingerprint density at radius 3 is 2.47 bits per heavy atom. The monoisotopic (exact) mass is 295 g/mol. The topological polar surface area (TPSA) is 55.4 Å². The highest BCUT2D eigenvalue weighted by molar-refractivity contribution is 6.33. The van der Waals surface area contributed by atoms with Gasteiger partial charge in [0.25, 0.3) is 5.91 Å². The maximum atomic E-state index is 11.8. The molecule has 4 nitrogen and oxygen atoms in total. The third-order valence-electron chi connectivity index (χ3n) is 1.91. The second kappa shape index (κ2) is 6.42. The quantitative estimate of drug-likeness (QED) is 0.866. The minimum atomic E-state index is -4.51. The number of carbonyl (C=O) groups is 2. The van der Waals surface area contributed by atoms with Crippen LogP contribution in [0, 0.1) is 0 Å². The summed E-state index contributed by atoms with van der Waals surface area (Å²) < 4.78 is 39.9. The largest absolute Gasteiger partial charge is 0.452 e. The fourth-order valence-corrected chi connectivity index (χ4v) is 1.30. The van der Waals surface area contributed by atoms with Crippen LogP contribution in [0.4, 0.5) is 13.2 Å². The van der Waals surface area contributed by atoms with Crippen molar-refractivity contribution in [2.24, 2.45) is 0 Å². The lowest BCUT2D eigenvalue weighted by Gasteiger charge is -2.09. The highest BCUT2D eigenvalue weighted by atomic mass is 35.5. The van der Waals surface area contributed by atoms with E-state index < -0.39 is 31.2 Å². The summed E-state index contributed by atoms with van der Waals surface area (Å²) in [5.41, 5.74) is 0.0350. The molecule has 1 amide bonds. The molecule has 0 aliphatic heterocycles. The van der Waals surface area contributed by atoms with Gasteiger partial charge in [-0.1, -0.05) is 23.7 Å². The Hall–Kier alpha value is -1.76. The van der Waals surface area contributed by atoms with Crippen LogP contribution in [-0.2, 0) is 9.53 Å². The van der Waals surface area contributed by atoms with Crippen LogP contribution >= 0.6 is 11.6 Å². The Bertz CT molecular complexity index is 476. The molecule has 0 saturated heterocycles. The number of amides is 1. The van der Waals surface area contributed by atoms with Crippen molar-refractivity contribution in [3.8, 4) is 0 Å². The lowest BCUT2D eigenvalue weighted by molar-refractivity contribution is -0.140. The van der Waals surface area contributed by atoms with E-state index in [1.807, 2.05) is 0 Å². The van der Waals surface area contributed by atoms with Gasteiger partial charge in [0.15, 0.2) is 6.61 Å². The molecule has 0 aromatic heterocycles. The zero-order valence-corrected chi connectivity index (χ0v) is 10.2. The first kappa shape index (κ1) is 15.3. The predicted octanol–water partition coefficient (Wildman–Crippen LogP) is 2.18. The Morgan fingerprint density at radius 1 is 1.26 bits per heavy atom. The Kier molecular flexibility index (Phi) is 5.17. The van der Waals surface area contributed by atoms with E-state index in [-0.39, 0.29) is 10.6 Å². The Balaban J connectivity index is 2.43. The first-order valence-electron chi connectivity index (χ1n) is 5.04. The fourth-order valence-electron chi connectivity index (χ4n) is 1.09. The summed E-state index contributed by atoms with van der Waals surface area (Å²) in [6.45, 7) is -2.28. The fraction of sp³-hybridized carbons (Fsp3) is 0.273. The van der Waals surface area contributed by atoms with E-state index in [0.29, 0.717) is 0 Å². The van der Waals surface area contributed by atoms with Gasteiger partial charge in [-0.05, 0) is 12.1 Å². The molecule has 1 N–H and O–H groups in total. The van der Waals surface area contributed by atoms with Crippen molar-refractivity contribution in [1.29, 1.82) is 0 Å². The van der Waals surface area contributed by atoms with Crippen molar-refractivity contribution >= 4 is 23.5 Å². The summed E-state index contributed by atoms with van der Waals surface area (Å²) >= 11 is 5.71. The smallest absolute Gasteiger partial charge is 0.405 e. The van der Waals surface area contributed by atoms with Gasteiger partial charge in [-0.25, -0.2) is 4.79 Å². The van der Waals surface area contributed by atoms with Gasteiger partial charge in [-0.15, -0.1) is 0 Å². The van der Waals surface area contributed by atoms with Gasteiger partial charge in [0, 0.05) is 0 Å². The molecule has 0 fully saturated rings. The van der Waals surface area contributed by atoms with Gasteiger partial charge in [-0.3, -0.25) is 4.79 Å². The van der Waals surface area contributed by atoms with Gasteiger partial charge in [0.1, 0.15) is 6.54 Å². The molecular formula is C11H9ClF3NO3. The van der Waals surface area contributed by atoms with Crippen LogP contribution in [-0.4, -0.2) is 31.2 Å². The van der Waals surface area contributed by atoms with E-state index in [2.05, 4.69) is 4.74 Å². The lowest BCUT2D eigenvalue weighted by atomic mass is 10.2. The molecule has 0 unspecified atom stereocenters. The zero-order valence-electron chi connectivity index (χ0n) is 9.46. The van der Waals surface area contributed by atoms with Crippen molar-refractivity contribution < 1.29 is 27.5 Å². The van der Waals surface area contributed by atoms with E-state index in [1.165, 1.54) is 18.2 Å². The van der Waals surface area contributed by atoms with Gasteiger partial charge >= 0.3 is 12.1 Å². The number of nitrogens with one attached hydrogen (secondary N) is 1. The first-order chi connectivity index (χ1) is 8.79. The lowest BCUT2D eigenvalue weighted by Crippen LogP contribution is -2.36. The SMILES string of the molecule is O=C(COC(=O)c1ccccc1Cl)NCC(F)(F)F. The number of rotatable bonds is 4. The van der Waals surface area contributed by atoms with E-state index in [9.17, 15) is 22.8 Å². The minimum absolute atomic E-state index is 0.0350. The van der Waals surface area contributed by atoms with Crippen LogP contribution in [0.1, 0.15) is 10.4 Å². The second-order valence-electron chi connectivity index (χ2n) is 3.45. The van der Waals surface area contributed by atoms with Crippen LogP contribution in [0.3, 0.4) is 0 Å². The maximum Gasteiger partial charge on any atom is 0.405 e. The molecular weight excluding hydrogens is 287 g/mol. The number of ether oxygens (including phenoxy) is 1. The number of carbonyl (C=O) groups excluding carboxylic acids is 2. The van der Waals surface area contributed by atoms with Crippen molar-refractivity contribution in [3.05, 3.63) is 34.9 Å². The number of benzene rings is 1. The molecule has 19 heavy (non-hydrogen) atoms. The summed E-state index contributed by atoms with van der Waals surface area (Å²) in [5.74, 6) is -1.93. The van der Waals surface area contributed by atoms with E-state index >= 15 is 0 Å². The first-order valence-corrected chi connectivity index (χ1v) is 5.42. The van der Waals surface area contributed by atoms with Crippen molar-refractivity contribution in [3.63, 3.8) is 0 Å². The number of esters is 1. The van der Waals surface area contributed by atoms with Crippen LogP contribution in [0.2, 0.25) is 5.02 Å². The third kappa shape index (κ3) is 5.60. The molecule has 8 heteroatoms. The Morgan fingerprint density at radius 2 is 1.89 bits per heavy atom. The second-order valence-corrected chi connectivity index (χ2v) is 3.86. The average molecular weight is 296 g/mol. The third-order valence-corrected chi connectivity index (χ3v) is 2.24. The summed E-state index contributed by atoms with van der Waals surface area (Å²) in [6.07, 6.45) is -4.51. The summed E-state index contributed by atoms with van der Waals surface area (Å²) in [4.78, 5) is 22.5. The molecule has 1 aromatic carbocycles. The molecule has 0 spiro atoms. The normalized spacial score (nSPS) is 10.9.